The third-order valence-corrected chi connectivity index (χ3v) is 3.18. The summed E-state index contributed by atoms with van der Waals surface area (Å²) < 4.78 is 4.63. The Morgan fingerprint density at radius 3 is 2.59 bits per heavy atom. The normalized spacial score (nSPS) is 11.5. The summed E-state index contributed by atoms with van der Waals surface area (Å²) in [6, 6.07) is 3.80. The predicted molar refractivity (Wildman–Crippen MR) is 81.2 cm³/mol. The maximum atomic E-state index is 12.1. The van der Waals surface area contributed by atoms with Crippen LogP contribution in [0.5, 0.6) is 0 Å². The Morgan fingerprint density at radius 1 is 1.41 bits per heavy atom. The van der Waals surface area contributed by atoms with E-state index in [0.29, 0.717) is 5.02 Å². The van der Waals surface area contributed by atoms with Gasteiger partial charge in [-0.3, -0.25) is 4.79 Å². The van der Waals surface area contributed by atoms with Crippen molar-refractivity contribution in [1.29, 1.82) is 0 Å². The van der Waals surface area contributed by atoms with Crippen LogP contribution in [0.1, 0.15) is 17.3 Å². The van der Waals surface area contributed by atoms with Gasteiger partial charge in [0, 0.05) is 18.6 Å². The number of hydrogen-bond donors (Lipinski definition) is 2. The molecule has 0 spiro atoms. The molecule has 1 aromatic carbocycles. The molecule has 2 N–H and O–H groups in total. The molecule has 22 heavy (non-hydrogen) atoms. The fraction of sp³-hybridized carbons (Fsp3) is 0.357. The molecule has 0 aromatic heterocycles. The zero-order valence-corrected chi connectivity index (χ0v) is 13.2. The van der Waals surface area contributed by atoms with Crippen LogP contribution in [0.3, 0.4) is 0 Å². The largest absolute Gasteiger partial charge is 0.481 e. The number of amides is 2. The van der Waals surface area contributed by atoms with Crippen LogP contribution in [0.2, 0.25) is 5.02 Å². The highest BCUT2D eigenvalue weighted by molar-refractivity contribution is 6.31. The number of carbonyl (C=O) groups excluding carboxylic acids is 2. The molecule has 0 heterocycles. The number of carbonyl (C=O) groups is 3. The first-order valence-electron chi connectivity index (χ1n) is 6.39. The Kier molecular flexibility index (Phi) is 6.18. The fourth-order valence-corrected chi connectivity index (χ4v) is 1.86. The molecule has 8 heteroatoms. The Bertz CT molecular complexity index is 591. The first kappa shape index (κ1) is 17.8. The summed E-state index contributed by atoms with van der Waals surface area (Å²) in [5, 5.41) is 11.7. The fourth-order valence-electron chi connectivity index (χ4n) is 1.69. The summed E-state index contributed by atoms with van der Waals surface area (Å²) in [4.78, 5) is 35.7. The number of esters is 1. The van der Waals surface area contributed by atoms with Gasteiger partial charge in [0.15, 0.2) is 0 Å². The van der Waals surface area contributed by atoms with Gasteiger partial charge in [0.05, 0.1) is 24.3 Å². The topological polar surface area (TPSA) is 95.9 Å². The van der Waals surface area contributed by atoms with Gasteiger partial charge in [0.25, 0.3) is 0 Å². The highest BCUT2D eigenvalue weighted by atomic mass is 35.5. The van der Waals surface area contributed by atoms with E-state index in [1.54, 1.807) is 0 Å². The highest BCUT2D eigenvalue weighted by Gasteiger charge is 2.20. The molecule has 0 aliphatic heterocycles. The van der Waals surface area contributed by atoms with Gasteiger partial charge in [0.2, 0.25) is 0 Å². The quantitative estimate of drug-likeness (QED) is 0.809. The Hall–Kier alpha value is -2.28. The molecule has 2 amide bonds. The van der Waals surface area contributed by atoms with E-state index in [-0.39, 0.29) is 17.8 Å². The van der Waals surface area contributed by atoms with Crippen molar-refractivity contribution in [2.75, 3.05) is 26.0 Å². The number of anilines is 1. The first-order valence-corrected chi connectivity index (χ1v) is 6.76. The van der Waals surface area contributed by atoms with Crippen LogP contribution in [0.15, 0.2) is 18.2 Å². The number of hydrogen-bond acceptors (Lipinski definition) is 4. The van der Waals surface area contributed by atoms with Crippen LogP contribution in [-0.4, -0.2) is 48.7 Å². The molecule has 1 aromatic rings. The van der Waals surface area contributed by atoms with Crippen LogP contribution in [0.4, 0.5) is 10.5 Å². The second-order valence-electron chi connectivity index (χ2n) is 4.73. The summed E-state index contributed by atoms with van der Waals surface area (Å²) >= 11 is 5.86. The third kappa shape index (κ3) is 4.63. The summed E-state index contributed by atoms with van der Waals surface area (Å²) in [5.41, 5.74) is 0.346. The second-order valence-corrected chi connectivity index (χ2v) is 5.17. The monoisotopic (exact) mass is 328 g/mol. The van der Waals surface area contributed by atoms with Gasteiger partial charge in [-0.25, -0.2) is 9.59 Å². The average molecular weight is 329 g/mol. The standard InChI is InChI=1S/C14H17ClN2O5/c1-8(12(18)19)7-17(2)14(21)16-11-6-9(15)4-5-10(11)13(20)22-3/h4-6,8H,7H2,1-3H3,(H,16,21)(H,18,19). The van der Waals surface area contributed by atoms with Crippen LogP contribution in [-0.2, 0) is 9.53 Å². The number of carboxylic acids is 1. The maximum Gasteiger partial charge on any atom is 0.339 e. The molecular formula is C14H17ClN2O5. The maximum absolute atomic E-state index is 12.1. The van der Waals surface area contributed by atoms with E-state index in [0.717, 1.165) is 0 Å². The number of nitrogens with one attached hydrogen (secondary N) is 1. The van der Waals surface area contributed by atoms with E-state index in [1.807, 2.05) is 0 Å². The van der Waals surface area contributed by atoms with Gasteiger partial charge in [0.1, 0.15) is 0 Å². The van der Waals surface area contributed by atoms with Crippen molar-refractivity contribution < 1.29 is 24.2 Å². The lowest BCUT2D eigenvalue weighted by molar-refractivity contribution is -0.141. The summed E-state index contributed by atoms with van der Waals surface area (Å²) in [6.07, 6.45) is 0. The number of carboxylic acid groups (broad SMARTS) is 1. The zero-order valence-electron chi connectivity index (χ0n) is 12.4. The molecule has 120 valence electrons. The lowest BCUT2D eigenvalue weighted by Gasteiger charge is -2.20. The van der Waals surface area contributed by atoms with Crippen molar-refractivity contribution in [2.24, 2.45) is 5.92 Å². The number of halogens is 1. The van der Waals surface area contributed by atoms with Crippen LogP contribution >= 0.6 is 11.6 Å². The molecule has 0 aliphatic carbocycles. The van der Waals surface area contributed by atoms with E-state index in [9.17, 15) is 14.4 Å². The average Bonchev–Trinajstić information content (AvgIpc) is 2.46. The van der Waals surface area contributed by atoms with E-state index in [4.69, 9.17) is 16.7 Å². The molecule has 0 radical (unpaired) electrons. The minimum atomic E-state index is -1.00. The Morgan fingerprint density at radius 2 is 2.05 bits per heavy atom. The minimum absolute atomic E-state index is 0.0231. The zero-order chi connectivity index (χ0) is 16.9. The molecule has 1 atom stereocenters. The summed E-state index contributed by atoms with van der Waals surface area (Å²) in [5.74, 6) is -2.33. The minimum Gasteiger partial charge on any atom is -0.481 e. The molecule has 0 saturated heterocycles. The van der Waals surface area contributed by atoms with E-state index in [1.165, 1.54) is 44.2 Å². The molecule has 0 bridgehead atoms. The molecule has 1 rings (SSSR count). The summed E-state index contributed by atoms with van der Waals surface area (Å²) in [6.45, 7) is 1.51. The third-order valence-electron chi connectivity index (χ3n) is 2.94. The van der Waals surface area contributed by atoms with Gasteiger partial charge in [-0.05, 0) is 18.2 Å². The van der Waals surface area contributed by atoms with Crippen molar-refractivity contribution in [3.8, 4) is 0 Å². The number of methoxy groups -OCH3 is 1. The SMILES string of the molecule is COC(=O)c1ccc(Cl)cc1NC(=O)N(C)CC(C)C(=O)O. The molecule has 1 unspecified atom stereocenters. The van der Waals surface area contributed by atoms with E-state index in [2.05, 4.69) is 10.1 Å². The molecule has 0 aliphatic rings. The molecule has 0 fully saturated rings. The van der Waals surface area contributed by atoms with Gasteiger partial charge in [-0.2, -0.15) is 0 Å². The van der Waals surface area contributed by atoms with Gasteiger partial charge in [-0.1, -0.05) is 18.5 Å². The molecular weight excluding hydrogens is 312 g/mol. The van der Waals surface area contributed by atoms with E-state index >= 15 is 0 Å². The Balaban J connectivity index is 2.89. The number of ether oxygens (including phenoxy) is 1. The molecule has 0 saturated carbocycles. The first-order chi connectivity index (χ1) is 10.3. The molecule has 7 nitrogen and oxygen atoms in total. The smallest absolute Gasteiger partial charge is 0.339 e. The number of aliphatic carboxylic acids is 1. The van der Waals surface area contributed by atoms with Gasteiger partial charge in [-0.15, -0.1) is 0 Å². The van der Waals surface area contributed by atoms with Crippen molar-refractivity contribution in [1.82, 2.24) is 4.90 Å². The van der Waals surface area contributed by atoms with Gasteiger partial charge < -0.3 is 20.1 Å². The predicted octanol–water partition coefficient (Wildman–Crippen LogP) is 2.31. The number of urea groups is 1. The summed E-state index contributed by atoms with van der Waals surface area (Å²) in [7, 11) is 2.68. The van der Waals surface area contributed by atoms with Crippen molar-refractivity contribution in [2.45, 2.75) is 6.92 Å². The lowest BCUT2D eigenvalue weighted by Crippen LogP contribution is -2.37. The van der Waals surface area contributed by atoms with Crippen molar-refractivity contribution >= 4 is 35.3 Å². The lowest BCUT2D eigenvalue weighted by atomic mass is 10.1. The van der Waals surface area contributed by atoms with Crippen molar-refractivity contribution in [3.05, 3.63) is 28.8 Å². The Labute approximate surface area is 132 Å². The van der Waals surface area contributed by atoms with Crippen LogP contribution < -0.4 is 5.32 Å². The van der Waals surface area contributed by atoms with E-state index < -0.39 is 23.9 Å². The second kappa shape index (κ2) is 7.65. The van der Waals surface area contributed by atoms with Crippen LogP contribution in [0, 0.1) is 5.92 Å². The number of nitrogens with zero attached hydrogens (tertiary/aromatic N) is 1. The number of benzene rings is 1. The number of rotatable bonds is 5. The van der Waals surface area contributed by atoms with Gasteiger partial charge >= 0.3 is 18.0 Å². The van der Waals surface area contributed by atoms with Crippen LogP contribution in [0.25, 0.3) is 0 Å². The highest BCUT2D eigenvalue weighted by Crippen LogP contribution is 2.22. The van der Waals surface area contributed by atoms with Crippen molar-refractivity contribution in [3.63, 3.8) is 0 Å².